The average molecular weight is 593 g/mol. The smallest absolute Gasteiger partial charge is 0.301 e. The number of likely N-dealkylation sites (N-methyl/N-ethyl adjacent to an activating group) is 1. The van der Waals surface area contributed by atoms with Gasteiger partial charge in [0.15, 0.2) is 0 Å². The normalized spacial score (nSPS) is 14.1. The van der Waals surface area contributed by atoms with Gasteiger partial charge in [-0.3, -0.25) is 10.1 Å². The summed E-state index contributed by atoms with van der Waals surface area (Å²) in [6, 6.07) is 26.8. The number of rotatable bonds is 9. The third kappa shape index (κ3) is 6.89. The lowest BCUT2D eigenvalue weighted by Crippen LogP contribution is -2.45. The third-order valence-corrected chi connectivity index (χ3v) is 8.42. The molecule has 44 heavy (non-hydrogen) atoms. The van der Waals surface area contributed by atoms with Crippen molar-refractivity contribution in [2.45, 2.75) is 46.0 Å². The molecule has 1 radical (unpaired) electrons. The van der Waals surface area contributed by atoms with E-state index in [1.807, 2.05) is 43.3 Å². The van der Waals surface area contributed by atoms with E-state index in [9.17, 15) is 15.2 Å². The van der Waals surface area contributed by atoms with Gasteiger partial charge in [-0.2, -0.15) is 0 Å². The first-order valence-corrected chi connectivity index (χ1v) is 15.3. The van der Waals surface area contributed by atoms with E-state index >= 15 is 0 Å². The Kier molecular flexibility index (Phi) is 9.25. The quantitative estimate of drug-likeness (QED) is 0.161. The molecule has 229 valence electrons. The zero-order chi connectivity index (χ0) is 31.4. The van der Waals surface area contributed by atoms with Crippen molar-refractivity contribution in [1.29, 1.82) is 0 Å². The highest BCUT2D eigenvalue weighted by atomic mass is 16.6. The first-order valence-electron chi connectivity index (χ1n) is 15.3. The van der Waals surface area contributed by atoms with E-state index in [1.165, 1.54) is 5.56 Å². The molecule has 1 aliphatic heterocycles. The van der Waals surface area contributed by atoms with Crippen LogP contribution in [-0.2, 0) is 18.3 Å². The molecular weight excluding hydrogens is 550 g/mol. The van der Waals surface area contributed by atoms with E-state index in [0.29, 0.717) is 49.5 Å². The predicted octanol–water partition coefficient (Wildman–Crippen LogP) is 7.40. The molecule has 0 aromatic heterocycles. The van der Waals surface area contributed by atoms with Crippen LogP contribution in [0.3, 0.4) is 0 Å². The van der Waals surface area contributed by atoms with E-state index in [4.69, 9.17) is 4.74 Å². The number of phenols is 1. The number of aromatic hydroxyl groups is 1. The van der Waals surface area contributed by atoms with Crippen LogP contribution in [0.5, 0.6) is 11.5 Å². The lowest BCUT2D eigenvalue weighted by Gasteiger charge is -2.35. The highest BCUT2D eigenvalue weighted by Gasteiger charge is 2.31. The largest absolute Gasteiger partial charge is 0.508 e. The number of nitrogens with zero attached hydrogens (tertiary/aromatic N) is 3. The van der Waals surface area contributed by atoms with E-state index in [-0.39, 0.29) is 21.8 Å². The van der Waals surface area contributed by atoms with Crippen LogP contribution in [0.1, 0.15) is 55.5 Å². The van der Waals surface area contributed by atoms with Gasteiger partial charge in [-0.1, -0.05) is 75.4 Å². The Bertz CT molecular complexity index is 1620. The number of piperazine rings is 1. The molecule has 0 aliphatic carbocycles. The van der Waals surface area contributed by atoms with Gasteiger partial charge in [0.25, 0.3) is 0 Å². The van der Waals surface area contributed by atoms with Crippen LogP contribution in [0.25, 0.3) is 11.1 Å². The van der Waals surface area contributed by atoms with Crippen molar-refractivity contribution in [3.05, 3.63) is 117 Å². The summed E-state index contributed by atoms with van der Waals surface area (Å²) in [7, 11) is 2.08. The number of hydrogen-bond donors (Lipinski definition) is 1. The van der Waals surface area contributed by atoms with E-state index in [2.05, 4.69) is 68.0 Å². The maximum Gasteiger partial charge on any atom is 0.301 e. The highest BCUT2D eigenvalue weighted by molar-refractivity contribution is 5.82. The van der Waals surface area contributed by atoms with Crippen molar-refractivity contribution in [1.82, 2.24) is 4.90 Å². The van der Waals surface area contributed by atoms with Gasteiger partial charge in [0.2, 0.25) is 0 Å². The minimum Gasteiger partial charge on any atom is -0.508 e. The molecule has 4 aromatic carbocycles. The molecule has 1 heterocycles. The second-order valence-corrected chi connectivity index (χ2v) is 12.6. The molecule has 0 unspecified atom stereocenters. The minimum atomic E-state index is -0.292. The number of phenolic OH excluding ortho intramolecular Hbond substituents is 1. The summed E-state index contributed by atoms with van der Waals surface area (Å²) in [6.45, 7) is 12.0. The zero-order valence-corrected chi connectivity index (χ0v) is 26.4. The van der Waals surface area contributed by atoms with Gasteiger partial charge < -0.3 is 19.6 Å². The molecule has 7 heteroatoms. The van der Waals surface area contributed by atoms with Crippen LogP contribution in [0.4, 0.5) is 11.4 Å². The number of benzene rings is 4. The molecule has 0 amide bonds. The van der Waals surface area contributed by atoms with Crippen LogP contribution < -0.4 is 9.64 Å². The fraction of sp³-hybridized carbons (Fsp3) is 0.351. The van der Waals surface area contributed by atoms with Crippen LogP contribution in [0.15, 0.2) is 72.8 Å². The number of hydrogen-bond acceptors (Lipinski definition) is 6. The summed E-state index contributed by atoms with van der Waals surface area (Å²) in [5.41, 5.74) is 6.93. The summed E-state index contributed by atoms with van der Waals surface area (Å²) in [5, 5.41) is 23.7. The summed E-state index contributed by atoms with van der Waals surface area (Å²) >= 11 is 0. The molecule has 0 spiro atoms. The van der Waals surface area contributed by atoms with E-state index < -0.39 is 0 Å². The van der Waals surface area contributed by atoms with Crippen LogP contribution >= 0.6 is 0 Å². The van der Waals surface area contributed by atoms with Crippen molar-refractivity contribution in [3.63, 3.8) is 0 Å². The van der Waals surface area contributed by atoms with E-state index in [0.717, 1.165) is 40.9 Å². The Balaban J connectivity index is 1.79. The predicted molar refractivity (Wildman–Crippen MR) is 177 cm³/mol. The Morgan fingerprint density at radius 1 is 0.932 bits per heavy atom. The second-order valence-electron chi connectivity index (χ2n) is 12.6. The topological polar surface area (TPSA) is 79.1 Å². The fourth-order valence-corrected chi connectivity index (χ4v) is 5.91. The van der Waals surface area contributed by atoms with Crippen LogP contribution in [0.2, 0.25) is 0 Å². The third-order valence-electron chi connectivity index (χ3n) is 8.42. The lowest BCUT2D eigenvalue weighted by atomic mass is 9.84. The first kappa shape index (κ1) is 31.1. The molecule has 1 N–H and O–H groups in total. The zero-order valence-electron chi connectivity index (χ0n) is 26.4. The Morgan fingerprint density at radius 3 is 2.27 bits per heavy atom. The Labute approximate surface area is 260 Å². The van der Waals surface area contributed by atoms with Gasteiger partial charge in [0.1, 0.15) is 17.2 Å². The average Bonchev–Trinajstić information content (AvgIpc) is 2.99. The SMILES string of the molecule is CCOc1cccc(-c2[c]c([N+](=O)[O-])c(N3CCN(C)CC3)c(Cc3ccc(C(C)(C)C)cc3)c2Cc2ccccc2O)c1. The molecule has 0 saturated carbocycles. The van der Waals surface area contributed by atoms with Crippen LogP contribution in [0, 0.1) is 16.2 Å². The minimum absolute atomic E-state index is 0.0127. The van der Waals surface area contributed by atoms with Gasteiger partial charge in [-0.05, 0) is 71.0 Å². The number of para-hydroxylation sites is 1. The Hall–Kier alpha value is -4.36. The van der Waals surface area contributed by atoms with Crippen LogP contribution in [-0.4, -0.2) is 54.8 Å². The maximum atomic E-state index is 12.8. The number of nitro groups is 1. The van der Waals surface area contributed by atoms with Crippen molar-refractivity contribution in [2.75, 3.05) is 44.7 Å². The number of ether oxygens (including phenoxy) is 1. The monoisotopic (exact) mass is 592 g/mol. The van der Waals surface area contributed by atoms with Crippen molar-refractivity contribution >= 4 is 11.4 Å². The molecule has 5 rings (SSSR count). The molecule has 7 nitrogen and oxygen atoms in total. The molecule has 4 aromatic rings. The summed E-state index contributed by atoms with van der Waals surface area (Å²) < 4.78 is 5.82. The first-order chi connectivity index (χ1) is 21.0. The standard InChI is InChI=1S/C37H42N3O4/c1-6-44-30-12-9-11-27(23-30)31-25-34(40(42)43)36(39-20-18-38(5)19-21-39)33(32(31)24-28-10-7-8-13-35(28)41)22-26-14-16-29(17-15-26)37(2,3)4/h7-17,23,41H,6,18-22,24H2,1-5H3. The van der Waals surface area contributed by atoms with Gasteiger partial charge >= 0.3 is 5.69 Å². The number of nitro benzene ring substituents is 1. The van der Waals surface area contributed by atoms with Gasteiger partial charge in [-0.15, -0.1) is 0 Å². The molecule has 1 fully saturated rings. The second kappa shape index (κ2) is 13.1. The summed E-state index contributed by atoms with van der Waals surface area (Å²) in [5.74, 6) is 0.888. The van der Waals surface area contributed by atoms with E-state index in [1.54, 1.807) is 12.1 Å². The highest BCUT2D eigenvalue weighted by Crippen LogP contribution is 2.43. The lowest BCUT2D eigenvalue weighted by molar-refractivity contribution is -0.384. The Morgan fingerprint density at radius 2 is 1.64 bits per heavy atom. The molecule has 0 atom stereocenters. The molecule has 0 bridgehead atoms. The fourth-order valence-electron chi connectivity index (χ4n) is 5.91. The number of anilines is 1. The molecule has 1 saturated heterocycles. The van der Waals surface area contributed by atoms with Crippen molar-refractivity contribution < 1.29 is 14.8 Å². The summed E-state index contributed by atoms with van der Waals surface area (Å²) in [6.07, 6.45) is 0.897. The molecular formula is C37H42N3O4. The molecule has 1 aliphatic rings. The van der Waals surface area contributed by atoms with Crippen molar-refractivity contribution in [2.24, 2.45) is 0 Å². The van der Waals surface area contributed by atoms with Gasteiger partial charge in [-0.25, -0.2) is 0 Å². The van der Waals surface area contributed by atoms with Crippen molar-refractivity contribution in [3.8, 4) is 22.6 Å². The van der Waals surface area contributed by atoms with Gasteiger partial charge in [0, 0.05) is 44.6 Å². The van der Waals surface area contributed by atoms with Gasteiger partial charge in [0.05, 0.1) is 17.6 Å². The summed E-state index contributed by atoms with van der Waals surface area (Å²) in [4.78, 5) is 16.9. The maximum absolute atomic E-state index is 12.8.